The number of nitrogens with zero attached hydrogens (tertiary/aromatic N) is 4. The van der Waals surface area contributed by atoms with Crippen LogP contribution in [0.5, 0.6) is 0 Å². The molecule has 6 heteroatoms. The Bertz CT molecular complexity index is 819. The molecule has 0 aromatic carbocycles. The van der Waals surface area contributed by atoms with Crippen molar-refractivity contribution in [1.29, 1.82) is 0 Å². The Morgan fingerprint density at radius 3 is 3.23 bits per heavy atom. The molecule has 1 aliphatic heterocycles. The molecule has 1 N–H and O–H groups in total. The number of pyridine rings is 1. The molecule has 0 spiro atoms. The quantitative estimate of drug-likeness (QED) is 0.797. The van der Waals surface area contributed by atoms with Crippen molar-refractivity contribution in [2.24, 2.45) is 5.92 Å². The first kappa shape index (κ1) is 13.1. The van der Waals surface area contributed by atoms with Crippen LogP contribution >= 0.6 is 0 Å². The van der Waals surface area contributed by atoms with E-state index in [2.05, 4.69) is 19.9 Å². The topological polar surface area (TPSA) is 64.2 Å². The molecule has 4 heterocycles. The van der Waals surface area contributed by atoms with Crippen molar-refractivity contribution in [3.63, 3.8) is 0 Å². The molecule has 0 unspecified atom stereocenters. The van der Waals surface area contributed by atoms with E-state index in [0.29, 0.717) is 18.2 Å². The lowest BCUT2D eigenvalue weighted by Crippen LogP contribution is -2.34. The van der Waals surface area contributed by atoms with E-state index in [1.807, 2.05) is 41.2 Å². The van der Waals surface area contributed by atoms with Crippen LogP contribution in [-0.2, 0) is 13.0 Å². The number of fused-ring (bicyclic) bond motifs is 2. The Kier molecular flexibility index (Phi) is 3.14. The van der Waals surface area contributed by atoms with Gasteiger partial charge in [0.2, 0.25) is 0 Å². The lowest BCUT2D eigenvalue weighted by Gasteiger charge is -2.23. The Morgan fingerprint density at radius 1 is 1.32 bits per heavy atom. The maximum atomic E-state index is 12.4. The summed E-state index contributed by atoms with van der Waals surface area (Å²) in [5, 5.41) is 3.04. The van der Waals surface area contributed by atoms with Gasteiger partial charge in [0.25, 0.3) is 5.91 Å². The highest BCUT2D eigenvalue weighted by molar-refractivity contribution is 5.93. The number of nitrogens with one attached hydrogen (secondary N) is 1. The fourth-order valence-electron chi connectivity index (χ4n) is 3.03. The number of imidazole rings is 2. The monoisotopic (exact) mass is 295 g/mol. The molecule has 4 rings (SSSR count). The standard InChI is InChI=1S/C16H17N5O/c22-16(13-10-18-15-3-1-2-7-21(13)15)19-9-12-4-5-14-17-6-8-20(14)11-12/h1-3,6-8,10,12H,4-5,9,11H2,(H,19,22)/t12-/m0/s1. The number of amides is 1. The van der Waals surface area contributed by atoms with Crippen molar-refractivity contribution in [2.75, 3.05) is 6.54 Å². The summed E-state index contributed by atoms with van der Waals surface area (Å²) in [6.07, 6.45) is 9.37. The maximum absolute atomic E-state index is 12.4. The highest BCUT2D eigenvalue weighted by Gasteiger charge is 2.20. The number of hydrogen-bond acceptors (Lipinski definition) is 3. The molecule has 0 saturated carbocycles. The average molecular weight is 295 g/mol. The number of carbonyl (C=O) groups excluding carboxylic acids is 1. The van der Waals surface area contributed by atoms with Gasteiger partial charge in [-0.3, -0.25) is 9.20 Å². The molecule has 1 amide bonds. The Balaban J connectivity index is 1.43. The molecule has 22 heavy (non-hydrogen) atoms. The molecule has 6 nitrogen and oxygen atoms in total. The predicted octanol–water partition coefficient (Wildman–Crippen LogP) is 1.52. The van der Waals surface area contributed by atoms with E-state index < -0.39 is 0 Å². The molecule has 0 aliphatic carbocycles. The predicted molar refractivity (Wildman–Crippen MR) is 81.6 cm³/mol. The van der Waals surface area contributed by atoms with Crippen LogP contribution in [-0.4, -0.2) is 31.4 Å². The first-order valence-corrected chi connectivity index (χ1v) is 7.51. The highest BCUT2D eigenvalue weighted by atomic mass is 16.1. The Hall–Kier alpha value is -2.63. The third-order valence-corrected chi connectivity index (χ3v) is 4.23. The fraction of sp³-hybridized carbons (Fsp3) is 0.312. The fourth-order valence-corrected chi connectivity index (χ4v) is 3.03. The zero-order valence-corrected chi connectivity index (χ0v) is 12.1. The minimum atomic E-state index is -0.0740. The minimum absolute atomic E-state index is 0.0740. The van der Waals surface area contributed by atoms with Gasteiger partial charge in [0.15, 0.2) is 0 Å². The number of rotatable bonds is 3. The van der Waals surface area contributed by atoms with Crippen LogP contribution in [0.3, 0.4) is 0 Å². The summed E-state index contributed by atoms with van der Waals surface area (Å²) in [5.74, 6) is 1.52. The van der Waals surface area contributed by atoms with E-state index in [1.165, 1.54) is 0 Å². The van der Waals surface area contributed by atoms with Gasteiger partial charge in [0.05, 0.1) is 6.20 Å². The van der Waals surface area contributed by atoms with E-state index in [0.717, 1.165) is 30.9 Å². The normalized spacial score (nSPS) is 17.4. The van der Waals surface area contributed by atoms with Crippen LogP contribution in [0.25, 0.3) is 5.65 Å². The van der Waals surface area contributed by atoms with E-state index in [4.69, 9.17) is 0 Å². The molecule has 0 bridgehead atoms. The summed E-state index contributed by atoms with van der Waals surface area (Å²) < 4.78 is 3.98. The third-order valence-electron chi connectivity index (χ3n) is 4.23. The van der Waals surface area contributed by atoms with E-state index >= 15 is 0 Å². The molecular formula is C16H17N5O. The van der Waals surface area contributed by atoms with Gasteiger partial charge in [-0.1, -0.05) is 6.07 Å². The molecule has 0 saturated heterocycles. The molecule has 0 fully saturated rings. The number of carbonyl (C=O) groups is 1. The van der Waals surface area contributed by atoms with Gasteiger partial charge in [-0.15, -0.1) is 0 Å². The Morgan fingerprint density at radius 2 is 2.27 bits per heavy atom. The highest BCUT2D eigenvalue weighted by Crippen LogP contribution is 2.18. The van der Waals surface area contributed by atoms with Gasteiger partial charge < -0.3 is 9.88 Å². The molecule has 3 aromatic heterocycles. The SMILES string of the molecule is O=C(NC[C@@H]1CCc2nccn2C1)c1cnc2ccccn12. The van der Waals surface area contributed by atoms with E-state index in [9.17, 15) is 4.79 Å². The zero-order chi connectivity index (χ0) is 14.9. The summed E-state index contributed by atoms with van der Waals surface area (Å²) in [5.41, 5.74) is 1.36. The average Bonchev–Trinajstić information content (AvgIpc) is 3.18. The zero-order valence-electron chi connectivity index (χ0n) is 12.1. The van der Waals surface area contributed by atoms with Gasteiger partial charge in [-0.05, 0) is 24.5 Å². The van der Waals surface area contributed by atoms with Crippen LogP contribution in [0.1, 0.15) is 22.7 Å². The van der Waals surface area contributed by atoms with Crippen molar-refractivity contribution >= 4 is 11.6 Å². The molecule has 1 atom stereocenters. The van der Waals surface area contributed by atoms with Gasteiger partial charge in [0.1, 0.15) is 17.2 Å². The molecule has 0 radical (unpaired) electrons. The van der Waals surface area contributed by atoms with Crippen LogP contribution in [0.2, 0.25) is 0 Å². The largest absolute Gasteiger partial charge is 0.350 e. The van der Waals surface area contributed by atoms with Crippen LogP contribution in [0.15, 0.2) is 43.0 Å². The summed E-state index contributed by atoms with van der Waals surface area (Å²) in [6, 6.07) is 5.69. The van der Waals surface area contributed by atoms with Crippen LogP contribution < -0.4 is 5.32 Å². The molecule has 3 aromatic rings. The first-order valence-electron chi connectivity index (χ1n) is 7.51. The number of aromatic nitrogens is 4. The van der Waals surface area contributed by atoms with Gasteiger partial charge in [0, 0.05) is 38.1 Å². The maximum Gasteiger partial charge on any atom is 0.269 e. The van der Waals surface area contributed by atoms with Crippen molar-refractivity contribution < 1.29 is 4.79 Å². The van der Waals surface area contributed by atoms with Crippen molar-refractivity contribution in [3.8, 4) is 0 Å². The van der Waals surface area contributed by atoms with Gasteiger partial charge in [-0.2, -0.15) is 0 Å². The molecule has 1 aliphatic rings. The van der Waals surface area contributed by atoms with Crippen molar-refractivity contribution in [3.05, 3.63) is 54.5 Å². The van der Waals surface area contributed by atoms with Crippen molar-refractivity contribution in [2.45, 2.75) is 19.4 Å². The summed E-state index contributed by atoms with van der Waals surface area (Å²) >= 11 is 0. The van der Waals surface area contributed by atoms with E-state index in [1.54, 1.807) is 6.20 Å². The van der Waals surface area contributed by atoms with Crippen molar-refractivity contribution in [1.82, 2.24) is 24.3 Å². The van der Waals surface area contributed by atoms with Crippen LogP contribution in [0.4, 0.5) is 0 Å². The second-order valence-electron chi connectivity index (χ2n) is 5.68. The number of aryl methyl sites for hydroxylation is 1. The summed E-state index contributed by atoms with van der Waals surface area (Å²) in [6.45, 7) is 1.60. The molecule has 112 valence electrons. The smallest absolute Gasteiger partial charge is 0.269 e. The van der Waals surface area contributed by atoms with Gasteiger partial charge in [-0.25, -0.2) is 9.97 Å². The second kappa shape index (κ2) is 5.29. The lowest BCUT2D eigenvalue weighted by atomic mass is 9.99. The third kappa shape index (κ3) is 2.26. The first-order chi connectivity index (χ1) is 10.8. The Labute approximate surface area is 127 Å². The summed E-state index contributed by atoms with van der Waals surface area (Å²) in [7, 11) is 0. The van der Waals surface area contributed by atoms with E-state index in [-0.39, 0.29) is 5.91 Å². The minimum Gasteiger partial charge on any atom is -0.350 e. The van der Waals surface area contributed by atoms with Crippen LogP contribution in [0, 0.1) is 5.92 Å². The summed E-state index contributed by atoms with van der Waals surface area (Å²) in [4.78, 5) is 20.9. The number of hydrogen-bond donors (Lipinski definition) is 1. The van der Waals surface area contributed by atoms with Gasteiger partial charge >= 0.3 is 0 Å². The lowest BCUT2D eigenvalue weighted by molar-refractivity contribution is 0.0937. The molecular weight excluding hydrogens is 278 g/mol. The second-order valence-corrected chi connectivity index (χ2v) is 5.68.